The number of halogens is 1. The number of fused-ring (bicyclic) bond motifs is 1. The lowest BCUT2D eigenvalue weighted by Crippen LogP contribution is -2.45. The minimum Gasteiger partial charge on any atom is -0.459 e. The second kappa shape index (κ2) is 8.89. The van der Waals surface area contributed by atoms with Crippen molar-refractivity contribution in [1.82, 2.24) is 15.5 Å². The van der Waals surface area contributed by atoms with E-state index in [0.29, 0.717) is 12.6 Å². The predicted molar refractivity (Wildman–Crippen MR) is 115 cm³/mol. The molecule has 138 valence electrons. The van der Waals surface area contributed by atoms with E-state index in [1.807, 2.05) is 25.2 Å². The van der Waals surface area contributed by atoms with E-state index in [1.165, 1.54) is 23.8 Å². The summed E-state index contributed by atoms with van der Waals surface area (Å²) in [6.45, 7) is 3.65. The molecule has 1 aliphatic rings. The molecule has 1 aromatic heterocycles. The maximum Gasteiger partial charge on any atom is 0.191 e. The Bertz CT molecular complexity index is 719. The van der Waals surface area contributed by atoms with E-state index in [2.05, 4.69) is 47.6 Å². The van der Waals surface area contributed by atoms with E-state index in [0.717, 1.165) is 29.8 Å². The second-order valence-electron chi connectivity index (χ2n) is 6.82. The Morgan fingerprint density at radius 2 is 2.00 bits per heavy atom. The lowest BCUT2D eigenvalue weighted by molar-refractivity contribution is 0.264. The van der Waals surface area contributed by atoms with Gasteiger partial charge in [0, 0.05) is 30.6 Å². The van der Waals surface area contributed by atoms with Crippen LogP contribution in [0.3, 0.4) is 0 Å². The molecule has 1 aliphatic carbocycles. The number of nitrogens with zero attached hydrogens (tertiary/aromatic N) is 2. The van der Waals surface area contributed by atoms with Gasteiger partial charge in [-0.1, -0.05) is 18.2 Å². The van der Waals surface area contributed by atoms with Crippen LogP contribution in [0, 0.1) is 12.8 Å². The summed E-state index contributed by atoms with van der Waals surface area (Å²) in [5.41, 5.74) is 2.13. The molecule has 0 saturated heterocycles. The summed E-state index contributed by atoms with van der Waals surface area (Å²) in [5, 5.41) is 8.00. The molecule has 1 fully saturated rings. The fourth-order valence-electron chi connectivity index (χ4n) is 3.23. The molecule has 2 N–H and O–H groups in total. The molecule has 3 rings (SSSR count). The van der Waals surface area contributed by atoms with Crippen LogP contribution in [-0.4, -0.2) is 44.6 Å². The molecule has 0 aliphatic heterocycles. The molecule has 1 unspecified atom stereocenters. The molecule has 0 bridgehead atoms. The van der Waals surface area contributed by atoms with Gasteiger partial charge in [-0.2, -0.15) is 0 Å². The maximum absolute atomic E-state index is 5.95. The van der Waals surface area contributed by atoms with E-state index < -0.39 is 0 Å². The number of aliphatic imine (C=N–C) groups is 1. The summed E-state index contributed by atoms with van der Waals surface area (Å²) in [7, 11) is 6.11. The minimum absolute atomic E-state index is 0. The summed E-state index contributed by atoms with van der Waals surface area (Å²) < 4.78 is 5.95. The van der Waals surface area contributed by atoms with Gasteiger partial charge in [-0.3, -0.25) is 4.99 Å². The topological polar surface area (TPSA) is 52.8 Å². The smallest absolute Gasteiger partial charge is 0.191 e. The highest BCUT2D eigenvalue weighted by molar-refractivity contribution is 14.0. The highest BCUT2D eigenvalue weighted by Crippen LogP contribution is 2.34. The number of guanidine groups is 1. The van der Waals surface area contributed by atoms with Crippen LogP contribution in [0.15, 0.2) is 33.7 Å². The molecule has 6 heteroatoms. The van der Waals surface area contributed by atoms with Crippen molar-refractivity contribution in [2.24, 2.45) is 10.9 Å². The molecule has 1 heterocycles. The van der Waals surface area contributed by atoms with E-state index in [4.69, 9.17) is 4.42 Å². The van der Waals surface area contributed by atoms with Crippen LogP contribution in [0.2, 0.25) is 0 Å². The molecule has 1 aromatic carbocycles. The normalized spacial score (nSPS) is 16.0. The number of hydrogen-bond donors (Lipinski definition) is 2. The Morgan fingerprint density at radius 1 is 1.28 bits per heavy atom. The van der Waals surface area contributed by atoms with Crippen molar-refractivity contribution in [1.29, 1.82) is 0 Å². The van der Waals surface area contributed by atoms with Crippen LogP contribution in [0.5, 0.6) is 0 Å². The molecule has 5 nitrogen and oxygen atoms in total. The number of aryl methyl sites for hydroxylation is 1. The van der Waals surface area contributed by atoms with Gasteiger partial charge in [0.15, 0.2) is 5.96 Å². The van der Waals surface area contributed by atoms with Crippen molar-refractivity contribution in [2.45, 2.75) is 32.4 Å². The van der Waals surface area contributed by atoms with Crippen LogP contribution in [0.4, 0.5) is 0 Å². The van der Waals surface area contributed by atoms with Gasteiger partial charge < -0.3 is 20.0 Å². The Kier molecular flexibility index (Phi) is 7.13. The monoisotopic (exact) mass is 456 g/mol. The molecular formula is C19H29IN4O. The summed E-state index contributed by atoms with van der Waals surface area (Å²) in [6.07, 6.45) is 2.68. The van der Waals surface area contributed by atoms with Crippen LogP contribution in [-0.2, 0) is 6.54 Å². The molecule has 0 amide bonds. The highest BCUT2D eigenvalue weighted by atomic mass is 127. The molecule has 1 atom stereocenters. The van der Waals surface area contributed by atoms with Gasteiger partial charge in [0.1, 0.15) is 11.3 Å². The van der Waals surface area contributed by atoms with E-state index >= 15 is 0 Å². The third-order valence-corrected chi connectivity index (χ3v) is 4.89. The Labute approximate surface area is 167 Å². The molecular weight excluding hydrogens is 427 g/mol. The first-order valence-electron chi connectivity index (χ1n) is 8.68. The van der Waals surface area contributed by atoms with Gasteiger partial charge >= 0.3 is 0 Å². The molecule has 1 saturated carbocycles. The number of likely N-dealkylation sites (N-methyl/N-ethyl adjacent to an activating group) is 1. The number of benzene rings is 1. The van der Waals surface area contributed by atoms with Gasteiger partial charge in [0.05, 0.1) is 6.54 Å². The fraction of sp³-hybridized carbons (Fsp3) is 0.526. The second-order valence-corrected chi connectivity index (χ2v) is 6.82. The Hall–Kier alpha value is -1.28. The summed E-state index contributed by atoms with van der Waals surface area (Å²) in [6, 6.07) is 8.72. The van der Waals surface area contributed by atoms with Crippen LogP contribution in [0.25, 0.3) is 11.0 Å². The zero-order valence-electron chi connectivity index (χ0n) is 15.5. The van der Waals surface area contributed by atoms with Crippen LogP contribution < -0.4 is 10.6 Å². The average Bonchev–Trinajstić information content (AvgIpc) is 3.36. The van der Waals surface area contributed by atoms with Crippen LogP contribution >= 0.6 is 24.0 Å². The SMILES string of the molecule is CN=C(NCc1oc2ccccc2c1C)NCC(C1CC1)N(C)C.I. The number of furan rings is 1. The molecule has 0 radical (unpaired) electrons. The van der Waals surface area contributed by atoms with Crippen molar-refractivity contribution in [2.75, 3.05) is 27.7 Å². The highest BCUT2D eigenvalue weighted by Gasteiger charge is 2.32. The van der Waals surface area contributed by atoms with Gasteiger partial charge in [0.25, 0.3) is 0 Å². The van der Waals surface area contributed by atoms with Crippen molar-refractivity contribution in [3.8, 4) is 0 Å². The lowest BCUT2D eigenvalue weighted by Gasteiger charge is -2.25. The zero-order valence-corrected chi connectivity index (χ0v) is 17.8. The summed E-state index contributed by atoms with van der Waals surface area (Å²) in [5.74, 6) is 2.61. The van der Waals surface area contributed by atoms with Gasteiger partial charge in [-0.25, -0.2) is 0 Å². The quantitative estimate of drug-likeness (QED) is 0.398. The molecule has 0 spiro atoms. The number of nitrogens with one attached hydrogen (secondary N) is 2. The first kappa shape index (κ1) is 20.0. The Balaban J connectivity index is 0.00000225. The van der Waals surface area contributed by atoms with Crippen molar-refractivity contribution < 1.29 is 4.42 Å². The van der Waals surface area contributed by atoms with E-state index in [1.54, 1.807) is 0 Å². The maximum atomic E-state index is 5.95. The van der Waals surface area contributed by atoms with E-state index in [-0.39, 0.29) is 24.0 Å². The summed E-state index contributed by atoms with van der Waals surface area (Å²) in [4.78, 5) is 6.64. The first-order chi connectivity index (χ1) is 11.6. The average molecular weight is 456 g/mol. The third-order valence-electron chi connectivity index (χ3n) is 4.89. The van der Waals surface area contributed by atoms with Gasteiger partial charge in [-0.15, -0.1) is 24.0 Å². The molecule has 2 aromatic rings. The number of rotatable bonds is 6. The number of hydrogen-bond acceptors (Lipinski definition) is 3. The molecule has 25 heavy (non-hydrogen) atoms. The first-order valence-corrected chi connectivity index (χ1v) is 8.68. The fourth-order valence-corrected chi connectivity index (χ4v) is 3.23. The van der Waals surface area contributed by atoms with E-state index in [9.17, 15) is 0 Å². The lowest BCUT2D eigenvalue weighted by atomic mass is 10.1. The largest absolute Gasteiger partial charge is 0.459 e. The standard InChI is InChI=1S/C19H28N4O.HI/c1-13-15-7-5-6-8-17(15)24-18(13)12-22-19(20-2)21-11-16(23(3)4)14-9-10-14;/h5-8,14,16H,9-12H2,1-4H3,(H2,20,21,22);1H. The van der Waals surface area contributed by atoms with Crippen molar-refractivity contribution in [3.63, 3.8) is 0 Å². The Morgan fingerprint density at radius 3 is 2.60 bits per heavy atom. The van der Waals surface area contributed by atoms with Gasteiger partial charge in [-0.05, 0) is 45.8 Å². The van der Waals surface area contributed by atoms with Crippen molar-refractivity contribution >= 4 is 40.9 Å². The zero-order chi connectivity index (χ0) is 17.1. The minimum atomic E-state index is 0. The number of para-hydroxylation sites is 1. The third kappa shape index (κ3) is 4.88. The summed E-state index contributed by atoms with van der Waals surface area (Å²) >= 11 is 0. The van der Waals surface area contributed by atoms with Crippen molar-refractivity contribution in [3.05, 3.63) is 35.6 Å². The predicted octanol–water partition coefficient (Wildman–Crippen LogP) is 3.36. The van der Waals surface area contributed by atoms with Crippen LogP contribution in [0.1, 0.15) is 24.2 Å². The van der Waals surface area contributed by atoms with Gasteiger partial charge in [0.2, 0.25) is 0 Å².